The van der Waals surface area contributed by atoms with E-state index in [4.69, 9.17) is 0 Å². The zero-order chi connectivity index (χ0) is 26.7. The third kappa shape index (κ3) is 5.72. The molecule has 13 heteroatoms. The summed E-state index contributed by atoms with van der Waals surface area (Å²) in [4.78, 5) is 22.4. The molecule has 1 aliphatic heterocycles. The normalized spacial score (nSPS) is 15.1. The minimum atomic E-state index is -4.75. The molecule has 2 aromatic heterocycles. The van der Waals surface area contributed by atoms with Gasteiger partial charge in [-0.1, -0.05) is 42.1 Å². The molecule has 0 atom stereocenters. The largest absolute Gasteiger partial charge is 0.573 e. The number of alkyl halides is 3. The second-order valence-electron chi connectivity index (χ2n) is 7.97. The van der Waals surface area contributed by atoms with Crippen LogP contribution >= 0.6 is 11.8 Å². The van der Waals surface area contributed by atoms with E-state index in [0.717, 1.165) is 16.7 Å². The molecule has 3 heterocycles. The molecule has 0 saturated carbocycles. The fraction of sp³-hybridized carbons (Fsp3) is 0.120. The molecule has 0 unspecified atom stereocenters. The standard InChI is InChI=1S/C25H18F3N7O2S/c1-16-3-2-12-29-23(16)35-21(36)14-38-24(35)32-31-13-17-4-6-18(7-5-17)22-30-15-34(33-22)19-8-10-20(11-9-19)37-25(26,27)28/h2-13,15H,14H2,1H3. The van der Waals surface area contributed by atoms with E-state index >= 15 is 0 Å². The van der Waals surface area contributed by atoms with Crippen LogP contribution in [0.15, 0.2) is 83.4 Å². The number of nitrogens with zero attached hydrogens (tertiary/aromatic N) is 7. The van der Waals surface area contributed by atoms with Gasteiger partial charge in [-0.15, -0.1) is 23.4 Å². The van der Waals surface area contributed by atoms with Crippen molar-refractivity contribution < 1.29 is 22.7 Å². The number of amidine groups is 1. The Morgan fingerprint density at radius 2 is 1.82 bits per heavy atom. The lowest BCUT2D eigenvalue weighted by molar-refractivity contribution is -0.274. The van der Waals surface area contributed by atoms with Crippen molar-refractivity contribution in [1.82, 2.24) is 19.7 Å². The Morgan fingerprint density at radius 3 is 2.53 bits per heavy atom. The van der Waals surface area contributed by atoms with E-state index in [1.807, 2.05) is 37.3 Å². The summed E-state index contributed by atoms with van der Waals surface area (Å²) in [6.07, 6.45) is -0.0855. The zero-order valence-electron chi connectivity index (χ0n) is 19.7. The molecule has 0 spiro atoms. The topological polar surface area (TPSA) is 97.9 Å². The summed E-state index contributed by atoms with van der Waals surface area (Å²) < 4.78 is 42.4. The highest BCUT2D eigenvalue weighted by atomic mass is 32.2. The number of ether oxygens (including phenoxy) is 1. The third-order valence-electron chi connectivity index (χ3n) is 5.30. The van der Waals surface area contributed by atoms with Crippen LogP contribution in [0.3, 0.4) is 0 Å². The lowest BCUT2D eigenvalue weighted by Gasteiger charge is -2.15. The molecule has 0 aliphatic carbocycles. The van der Waals surface area contributed by atoms with Gasteiger partial charge < -0.3 is 4.74 Å². The van der Waals surface area contributed by atoms with Crippen LogP contribution in [0, 0.1) is 6.92 Å². The summed E-state index contributed by atoms with van der Waals surface area (Å²) in [5.74, 6) is 0.823. The van der Waals surface area contributed by atoms with E-state index in [1.165, 1.54) is 51.9 Å². The first-order chi connectivity index (χ1) is 18.3. The number of aromatic nitrogens is 4. The molecule has 192 valence electrons. The van der Waals surface area contributed by atoms with Gasteiger partial charge in [0.2, 0.25) is 5.91 Å². The van der Waals surface area contributed by atoms with E-state index in [9.17, 15) is 18.0 Å². The Morgan fingerprint density at radius 1 is 1.05 bits per heavy atom. The third-order valence-corrected chi connectivity index (χ3v) is 6.22. The van der Waals surface area contributed by atoms with Crippen LogP contribution in [-0.2, 0) is 4.79 Å². The van der Waals surface area contributed by atoms with E-state index < -0.39 is 6.36 Å². The Kier molecular flexibility index (Phi) is 6.92. The molecule has 0 N–H and O–H groups in total. The van der Waals surface area contributed by atoms with E-state index in [0.29, 0.717) is 22.5 Å². The Labute approximate surface area is 218 Å². The van der Waals surface area contributed by atoms with Crippen LogP contribution < -0.4 is 9.64 Å². The summed E-state index contributed by atoms with van der Waals surface area (Å²) in [5.41, 5.74) is 2.89. The first kappa shape index (κ1) is 25.1. The van der Waals surface area contributed by atoms with Gasteiger partial charge in [-0.25, -0.2) is 19.5 Å². The second kappa shape index (κ2) is 10.5. The van der Waals surface area contributed by atoms with Crippen LogP contribution in [0.25, 0.3) is 17.1 Å². The molecular formula is C25H18F3N7O2S. The molecule has 1 aliphatic rings. The van der Waals surface area contributed by atoms with Crippen LogP contribution in [0.2, 0.25) is 0 Å². The van der Waals surface area contributed by atoms with Crippen molar-refractivity contribution >= 4 is 34.9 Å². The van der Waals surface area contributed by atoms with Crippen molar-refractivity contribution in [3.8, 4) is 22.8 Å². The number of thioether (sulfide) groups is 1. The number of rotatable bonds is 6. The van der Waals surface area contributed by atoms with Gasteiger partial charge in [0.15, 0.2) is 11.0 Å². The number of pyridine rings is 1. The number of carbonyl (C=O) groups is 1. The molecule has 1 amide bonds. The predicted octanol–water partition coefficient (Wildman–Crippen LogP) is 5.01. The summed E-state index contributed by atoms with van der Waals surface area (Å²) in [7, 11) is 0. The van der Waals surface area contributed by atoms with Gasteiger partial charge in [-0.05, 0) is 48.4 Å². The average molecular weight is 538 g/mol. The fourth-order valence-corrected chi connectivity index (χ4v) is 4.34. The molecule has 1 saturated heterocycles. The van der Waals surface area contributed by atoms with Crippen LogP contribution in [0.5, 0.6) is 5.75 Å². The van der Waals surface area contributed by atoms with Crippen LogP contribution in [-0.4, -0.2) is 49.2 Å². The van der Waals surface area contributed by atoms with Gasteiger partial charge in [-0.2, -0.15) is 5.10 Å². The quantitative estimate of drug-likeness (QED) is 0.254. The van der Waals surface area contributed by atoms with Gasteiger partial charge in [0, 0.05) is 11.8 Å². The van der Waals surface area contributed by atoms with Gasteiger partial charge in [0.1, 0.15) is 17.9 Å². The molecule has 0 bridgehead atoms. The molecule has 38 heavy (non-hydrogen) atoms. The lowest BCUT2D eigenvalue weighted by atomic mass is 10.1. The van der Waals surface area contributed by atoms with Gasteiger partial charge >= 0.3 is 6.36 Å². The molecular weight excluding hydrogens is 519 g/mol. The summed E-state index contributed by atoms with van der Waals surface area (Å²) in [6, 6.07) is 16.3. The SMILES string of the molecule is Cc1cccnc1N1C(=O)CSC1=NN=Cc1ccc(-c2ncn(-c3ccc(OC(F)(F)F)cc3)n2)cc1. The number of halogens is 3. The summed E-state index contributed by atoms with van der Waals surface area (Å²) in [5, 5.41) is 13.2. The maximum absolute atomic E-state index is 12.4. The number of carbonyl (C=O) groups excluding carboxylic acids is 1. The smallest absolute Gasteiger partial charge is 0.406 e. The molecule has 1 fully saturated rings. The Balaban J connectivity index is 1.26. The maximum Gasteiger partial charge on any atom is 0.573 e. The molecule has 5 rings (SSSR count). The molecule has 2 aromatic carbocycles. The summed E-state index contributed by atoms with van der Waals surface area (Å²) in [6.45, 7) is 1.88. The van der Waals surface area contributed by atoms with Crippen LogP contribution in [0.4, 0.5) is 19.0 Å². The van der Waals surface area contributed by atoms with Crippen molar-refractivity contribution in [2.75, 3.05) is 10.7 Å². The number of benzene rings is 2. The highest BCUT2D eigenvalue weighted by Crippen LogP contribution is 2.27. The number of anilines is 1. The average Bonchev–Trinajstić information content (AvgIpc) is 3.52. The van der Waals surface area contributed by atoms with Gasteiger partial charge in [-0.3, -0.25) is 4.79 Å². The maximum atomic E-state index is 12.4. The number of hydrogen-bond acceptors (Lipinski definition) is 8. The number of hydrogen-bond donors (Lipinski definition) is 0. The molecule has 4 aromatic rings. The Hall–Kier alpha value is -4.52. The Bertz CT molecular complexity index is 1520. The van der Waals surface area contributed by atoms with Crippen LogP contribution in [0.1, 0.15) is 11.1 Å². The fourth-order valence-electron chi connectivity index (χ4n) is 3.54. The minimum absolute atomic E-state index is 0.104. The van der Waals surface area contributed by atoms with Crippen molar-refractivity contribution in [2.45, 2.75) is 13.3 Å². The lowest BCUT2D eigenvalue weighted by Crippen LogP contribution is -2.30. The van der Waals surface area contributed by atoms with Crippen molar-refractivity contribution in [1.29, 1.82) is 0 Å². The molecule has 9 nitrogen and oxygen atoms in total. The number of aryl methyl sites for hydroxylation is 1. The second-order valence-corrected chi connectivity index (χ2v) is 8.91. The van der Waals surface area contributed by atoms with Crippen molar-refractivity contribution in [3.63, 3.8) is 0 Å². The van der Waals surface area contributed by atoms with Gasteiger partial charge in [0.05, 0.1) is 17.7 Å². The monoisotopic (exact) mass is 537 g/mol. The summed E-state index contributed by atoms with van der Waals surface area (Å²) >= 11 is 1.30. The van der Waals surface area contributed by atoms with Crippen molar-refractivity contribution in [3.05, 3.63) is 84.3 Å². The minimum Gasteiger partial charge on any atom is -0.406 e. The van der Waals surface area contributed by atoms with E-state index in [-0.39, 0.29) is 17.4 Å². The van der Waals surface area contributed by atoms with E-state index in [1.54, 1.807) is 18.5 Å². The van der Waals surface area contributed by atoms with E-state index in [2.05, 4.69) is 30.0 Å². The molecule has 0 radical (unpaired) electrons. The predicted molar refractivity (Wildman–Crippen MR) is 137 cm³/mol. The van der Waals surface area contributed by atoms with Crippen molar-refractivity contribution in [2.24, 2.45) is 10.2 Å². The number of amides is 1. The first-order valence-corrected chi connectivity index (χ1v) is 12.1. The zero-order valence-corrected chi connectivity index (χ0v) is 20.5. The first-order valence-electron chi connectivity index (χ1n) is 11.1. The van der Waals surface area contributed by atoms with Gasteiger partial charge in [0.25, 0.3) is 0 Å². The highest BCUT2D eigenvalue weighted by molar-refractivity contribution is 8.15. The highest BCUT2D eigenvalue weighted by Gasteiger charge is 2.32.